The predicted molar refractivity (Wildman–Crippen MR) is 93.8 cm³/mol. The van der Waals surface area contributed by atoms with E-state index in [-0.39, 0.29) is 17.6 Å². The van der Waals surface area contributed by atoms with Crippen LogP contribution in [0.5, 0.6) is 0 Å². The van der Waals surface area contributed by atoms with Crippen LogP contribution in [-0.2, 0) is 4.43 Å². The lowest BCUT2D eigenvalue weighted by Crippen LogP contribution is -2.42. The van der Waals surface area contributed by atoms with Gasteiger partial charge in [0.15, 0.2) is 8.32 Å². The zero-order valence-electron chi connectivity index (χ0n) is 14.1. The largest absolute Gasteiger partial charge is 0.416 e. The molecule has 2 nitrogen and oxygen atoms in total. The van der Waals surface area contributed by atoms with Crippen molar-refractivity contribution in [2.45, 2.75) is 45.3 Å². The van der Waals surface area contributed by atoms with Gasteiger partial charge in [0, 0.05) is 19.1 Å². The Labute approximate surface area is 131 Å². The summed E-state index contributed by atoms with van der Waals surface area (Å²) in [7, 11) is -1.76. The molecular formula is C18H30O2Si. The number of aliphatic hydroxyl groups excluding tert-OH is 1. The van der Waals surface area contributed by atoms with Crippen LogP contribution >= 0.6 is 0 Å². The number of allylic oxidation sites excluding steroid dienone is 1. The van der Waals surface area contributed by atoms with Crippen molar-refractivity contribution in [3.63, 3.8) is 0 Å². The van der Waals surface area contributed by atoms with E-state index in [1.165, 1.54) is 0 Å². The van der Waals surface area contributed by atoms with Gasteiger partial charge in [0.1, 0.15) is 0 Å². The third kappa shape index (κ3) is 5.42. The van der Waals surface area contributed by atoms with Crippen molar-refractivity contribution in [3.8, 4) is 0 Å². The molecule has 0 amide bonds. The van der Waals surface area contributed by atoms with Crippen LogP contribution in [-0.4, -0.2) is 26.6 Å². The molecule has 0 heterocycles. The van der Waals surface area contributed by atoms with Crippen LogP contribution in [0.15, 0.2) is 36.9 Å². The van der Waals surface area contributed by atoms with Crippen molar-refractivity contribution in [2.24, 2.45) is 5.92 Å². The van der Waals surface area contributed by atoms with Gasteiger partial charge in [-0.15, -0.1) is 0 Å². The van der Waals surface area contributed by atoms with Crippen LogP contribution in [0.4, 0.5) is 0 Å². The van der Waals surface area contributed by atoms with Crippen LogP contribution in [0.25, 0.3) is 5.57 Å². The summed E-state index contributed by atoms with van der Waals surface area (Å²) in [5.41, 5.74) is 2.21. The van der Waals surface area contributed by atoms with Crippen molar-refractivity contribution < 1.29 is 9.53 Å². The highest BCUT2D eigenvalue weighted by molar-refractivity contribution is 6.74. The quantitative estimate of drug-likeness (QED) is 0.739. The second kappa shape index (κ2) is 7.39. The first kappa shape index (κ1) is 18.1. The van der Waals surface area contributed by atoms with Crippen LogP contribution in [0.2, 0.25) is 18.1 Å². The highest BCUT2D eigenvalue weighted by Gasteiger charge is 2.37. The third-order valence-electron chi connectivity index (χ3n) is 4.46. The zero-order valence-corrected chi connectivity index (χ0v) is 15.1. The highest BCUT2D eigenvalue weighted by Crippen LogP contribution is 2.37. The minimum Gasteiger partial charge on any atom is -0.416 e. The van der Waals surface area contributed by atoms with E-state index in [0.717, 1.165) is 17.6 Å². The van der Waals surface area contributed by atoms with Crippen molar-refractivity contribution in [2.75, 3.05) is 13.2 Å². The number of benzene rings is 1. The first-order valence-electron chi connectivity index (χ1n) is 7.65. The van der Waals surface area contributed by atoms with E-state index in [0.29, 0.717) is 6.61 Å². The molecule has 0 aliphatic carbocycles. The van der Waals surface area contributed by atoms with E-state index in [2.05, 4.69) is 52.6 Å². The second-order valence-electron chi connectivity index (χ2n) is 7.29. The molecule has 0 spiro atoms. The molecule has 0 saturated carbocycles. The summed E-state index contributed by atoms with van der Waals surface area (Å²) in [6.45, 7) is 16.1. The Morgan fingerprint density at radius 2 is 1.81 bits per heavy atom. The Kier molecular flexibility index (Phi) is 6.38. The minimum atomic E-state index is -1.76. The Morgan fingerprint density at radius 3 is 2.29 bits per heavy atom. The summed E-state index contributed by atoms with van der Waals surface area (Å²) < 4.78 is 6.22. The maximum atomic E-state index is 9.62. The lowest BCUT2D eigenvalue weighted by molar-refractivity contribution is 0.156. The Hall–Kier alpha value is -0.903. The molecule has 3 heteroatoms. The van der Waals surface area contributed by atoms with Crippen LogP contribution < -0.4 is 0 Å². The Morgan fingerprint density at radius 1 is 1.24 bits per heavy atom. The fourth-order valence-electron chi connectivity index (χ4n) is 1.86. The first-order chi connectivity index (χ1) is 9.67. The van der Waals surface area contributed by atoms with Crippen LogP contribution in [0.1, 0.15) is 32.8 Å². The number of hydrogen-bond acceptors (Lipinski definition) is 2. The molecule has 21 heavy (non-hydrogen) atoms. The monoisotopic (exact) mass is 306 g/mol. The standard InChI is InChI=1S/C18H30O2Si/c1-15(17-10-8-7-9-11-17)12-16(13-19)14-20-21(5,6)18(2,3)4/h7-11,16,19H,1,12-14H2,2-6H3. The van der Waals surface area contributed by atoms with Crippen LogP contribution in [0, 0.1) is 5.92 Å². The minimum absolute atomic E-state index is 0.117. The van der Waals surface area contributed by atoms with Gasteiger partial charge < -0.3 is 9.53 Å². The summed E-state index contributed by atoms with van der Waals surface area (Å²) in [5, 5.41) is 9.81. The molecule has 0 aliphatic heterocycles. The van der Waals surface area contributed by atoms with Gasteiger partial charge in [0.25, 0.3) is 0 Å². The van der Waals surface area contributed by atoms with E-state index >= 15 is 0 Å². The fourth-order valence-corrected chi connectivity index (χ4v) is 2.94. The maximum Gasteiger partial charge on any atom is 0.191 e. The van der Waals surface area contributed by atoms with Gasteiger partial charge in [-0.1, -0.05) is 57.7 Å². The SMILES string of the molecule is C=C(CC(CO)CO[Si](C)(C)C(C)(C)C)c1ccccc1. The lowest BCUT2D eigenvalue weighted by atomic mass is 9.96. The van der Waals surface area contributed by atoms with Crippen molar-refractivity contribution >= 4 is 13.9 Å². The molecule has 0 fully saturated rings. The van der Waals surface area contributed by atoms with Gasteiger partial charge in [-0.3, -0.25) is 0 Å². The maximum absolute atomic E-state index is 9.62. The molecule has 1 atom stereocenters. The van der Waals surface area contributed by atoms with Gasteiger partial charge in [-0.25, -0.2) is 0 Å². The molecule has 0 aliphatic rings. The van der Waals surface area contributed by atoms with Gasteiger partial charge >= 0.3 is 0 Å². The van der Waals surface area contributed by atoms with Crippen LogP contribution in [0.3, 0.4) is 0 Å². The van der Waals surface area contributed by atoms with Crippen molar-refractivity contribution in [3.05, 3.63) is 42.5 Å². The Balaban J connectivity index is 2.59. The summed E-state index contributed by atoms with van der Waals surface area (Å²) in [6, 6.07) is 10.2. The zero-order chi connectivity index (χ0) is 16.1. The summed E-state index contributed by atoms with van der Waals surface area (Å²) in [5.74, 6) is 0.117. The molecule has 1 N–H and O–H groups in total. The van der Waals surface area contributed by atoms with Crippen molar-refractivity contribution in [1.29, 1.82) is 0 Å². The van der Waals surface area contributed by atoms with E-state index in [4.69, 9.17) is 4.43 Å². The fraction of sp³-hybridized carbons (Fsp3) is 0.556. The topological polar surface area (TPSA) is 29.5 Å². The normalized spacial score (nSPS) is 14.0. The van der Waals surface area contributed by atoms with Gasteiger partial charge in [-0.05, 0) is 35.7 Å². The van der Waals surface area contributed by atoms with E-state index < -0.39 is 8.32 Å². The molecule has 118 valence electrons. The average Bonchev–Trinajstić information content (AvgIpc) is 2.43. The molecule has 1 unspecified atom stereocenters. The smallest absolute Gasteiger partial charge is 0.191 e. The molecule has 0 saturated heterocycles. The van der Waals surface area contributed by atoms with Gasteiger partial charge in [0.05, 0.1) is 0 Å². The van der Waals surface area contributed by atoms with Gasteiger partial charge in [-0.2, -0.15) is 0 Å². The summed E-state index contributed by atoms with van der Waals surface area (Å²) in [4.78, 5) is 0. The van der Waals surface area contributed by atoms with Crippen molar-refractivity contribution in [1.82, 2.24) is 0 Å². The molecule has 1 rings (SSSR count). The number of hydrogen-bond donors (Lipinski definition) is 1. The predicted octanol–water partition coefficient (Wildman–Crippen LogP) is 4.72. The average molecular weight is 307 g/mol. The third-order valence-corrected chi connectivity index (χ3v) is 8.96. The molecule has 1 aromatic carbocycles. The molecule has 0 radical (unpaired) electrons. The molecule has 1 aromatic rings. The summed E-state index contributed by atoms with van der Waals surface area (Å²) in [6.07, 6.45) is 0.773. The second-order valence-corrected chi connectivity index (χ2v) is 12.1. The van der Waals surface area contributed by atoms with E-state index in [1.807, 2.05) is 18.2 Å². The summed E-state index contributed by atoms with van der Waals surface area (Å²) >= 11 is 0. The molecular weight excluding hydrogens is 276 g/mol. The first-order valence-corrected chi connectivity index (χ1v) is 10.6. The lowest BCUT2D eigenvalue weighted by Gasteiger charge is -2.37. The van der Waals surface area contributed by atoms with E-state index in [1.54, 1.807) is 0 Å². The number of aliphatic hydroxyl groups is 1. The molecule has 0 bridgehead atoms. The van der Waals surface area contributed by atoms with Gasteiger partial charge in [0.2, 0.25) is 0 Å². The van der Waals surface area contributed by atoms with E-state index in [9.17, 15) is 5.11 Å². The molecule has 0 aromatic heterocycles. The highest BCUT2D eigenvalue weighted by atomic mass is 28.4. The Bertz CT molecular complexity index is 446. The number of rotatable bonds is 7.